The third-order valence-corrected chi connectivity index (χ3v) is 2.95. The summed E-state index contributed by atoms with van der Waals surface area (Å²) in [7, 11) is 3.48. The number of hydrogen-bond donors (Lipinski definition) is 1. The first-order valence-corrected chi connectivity index (χ1v) is 6.04. The Labute approximate surface area is 107 Å². The summed E-state index contributed by atoms with van der Waals surface area (Å²) in [5.41, 5.74) is 1.63. The molecule has 1 aromatic carbocycles. The Hall–Kier alpha value is -1.81. The highest BCUT2D eigenvalue weighted by Gasteiger charge is 2.13. The van der Waals surface area contributed by atoms with Crippen molar-refractivity contribution in [3.63, 3.8) is 0 Å². The van der Waals surface area contributed by atoms with Crippen molar-refractivity contribution in [2.75, 3.05) is 27.3 Å². The van der Waals surface area contributed by atoms with E-state index in [-0.39, 0.29) is 5.91 Å². The van der Waals surface area contributed by atoms with Crippen LogP contribution >= 0.6 is 0 Å². The molecule has 0 aliphatic carbocycles. The Bertz CT molecular complexity index is 500. The smallest absolute Gasteiger partial charge is 0.270 e. The molecule has 0 aliphatic heterocycles. The molecular weight excluding hydrogens is 228 g/mol. The zero-order valence-electron chi connectivity index (χ0n) is 10.8. The standard InChI is InChI=1S/C14H18N2O2/c1-16(8-5-9-18-2)14(17)13-10-11-6-3-4-7-12(11)15-13/h3-4,6-7,10,15H,5,8-9H2,1-2H3. The third-order valence-electron chi connectivity index (χ3n) is 2.95. The van der Waals surface area contributed by atoms with Gasteiger partial charge in [0, 0.05) is 38.2 Å². The van der Waals surface area contributed by atoms with Crippen LogP contribution in [0.2, 0.25) is 0 Å². The van der Waals surface area contributed by atoms with Crippen molar-refractivity contribution in [1.82, 2.24) is 9.88 Å². The second-order valence-electron chi connectivity index (χ2n) is 4.34. The van der Waals surface area contributed by atoms with Gasteiger partial charge in [0.15, 0.2) is 0 Å². The second-order valence-corrected chi connectivity index (χ2v) is 4.34. The molecule has 1 amide bonds. The van der Waals surface area contributed by atoms with Gasteiger partial charge in [-0.1, -0.05) is 18.2 Å². The number of aromatic amines is 1. The zero-order valence-corrected chi connectivity index (χ0v) is 10.8. The topological polar surface area (TPSA) is 45.3 Å². The van der Waals surface area contributed by atoms with Gasteiger partial charge in [0.05, 0.1) is 0 Å². The molecule has 4 heteroatoms. The van der Waals surface area contributed by atoms with Crippen molar-refractivity contribution in [1.29, 1.82) is 0 Å². The summed E-state index contributed by atoms with van der Waals surface area (Å²) < 4.78 is 4.98. The third kappa shape index (κ3) is 2.71. The van der Waals surface area contributed by atoms with Crippen LogP contribution in [0.15, 0.2) is 30.3 Å². The molecule has 2 aromatic rings. The van der Waals surface area contributed by atoms with Gasteiger partial charge in [0.2, 0.25) is 0 Å². The lowest BCUT2D eigenvalue weighted by atomic mass is 10.2. The number of benzene rings is 1. The average molecular weight is 246 g/mol. The summed E-state index contributed by atoms with van der Waals surface area (Å²) in [6, 6.07) is 9.77. The number of methoxy groups -OCH3 is 1. The Morgan fingerprint density at radius 2 is 2.17 bits per heavy atom. The maximum atomic E-state index is 12.2. The highest BCUT2D eigenvalue weighted by Crippen LogP contribution is 2.15. The van der Waals surface area contributed by atoms with Crippen LogP contribution in [0.4, 0.5) is 0 Å². The van der Waals surface area contributed by atoms with E-state index in [9.17, 15) is 4.79 Å². The summed E-state index contributed by atoms with van der Waals surface area (Å²) in [5, 5.41) is 1.06. The van der Waals surface area contributed by atoms with Crippen LogP contribution in [-0.2, 0) is 4.74 Å². The molecule has 2 rings (SSSR count). The van der Waals surface area contributed by atoms with E-state index < -0.39 is 0 Å². The van der Waals surface area contributed by atoms with Crippen LogP contribution < -0.4 is 0 Å². The van der Waals surface area contributed by atoms with E-state index in [1.165, 1.54) is 0 Å². The molecular formula is C14H18N2O2. The van der Waals surface area contributed by atoms with E-state index in [2.05, 4.69) is 4.98 Å². The van der Waals surface area contributed by atoms with Crippen LogP contribution in [0.3, 0.4) is 0 Å². The van der Waals surface area contributed by atoms with Crippen molar-refractivity contribution >= 4 is 16.8 Å². The Morgan fingerprint density at radius 1 is 1.39 bits per heavy atom. The fraction of sp³-hybridized carbons (Fsp3) is 0.357. The number of amides is 1. The number of ether oxygens (including phenoxy) is 1. The van der Waals surface area contributed by atoms with Gasteiger partial charge in [-0.15, -0.1) is 0 Å². The van der Waals surface area contributed by atoms with Crippen molar-refractivity contribution in [2.24, 2.45) is 0 Å². The maximum Gasteiger partial charge on any atom is 0.270 e. The highest BCUT2D eigenvalue weighted by molar-refractivity contribution is 5.97. The molecule has 1 heterocycles. The molecule has 0 spiro atoms. The molecule has 1 N–H and O–H groups in total. The van der Waals surface area contributed by atoms with Gasteiger partial charge in [-0.05, 0) is 18.6 Å². The first kappa shape index (κ1) is 12.6. The average Bonchev–Trinajstić information content (AvgIpc) is 2.81. The lowest BCUT2D eigenvalue weighted by Gasteiger charge is -2.15. The van der Waals surface area contributed by atoms with Gasteiger partial charge in [0.1, 0.15) is 5.69 Å². The van der Waals surface area contributed by atoms with E-state index in [1.807, 2.05) is 37.4 Å². The molecule has 0 unspecified atom stereocenters. The molecule has 0 fully saturated rings. The van der Waals surface area contributed by atoms with E-state index in [4.69, 9.17) is 4.74 Å². The number of rotatable bonds is 5. The van der Waals surface area contributed by atoms with E-state index in [0.717, 1.165) is 17.3 Å². The molecule has 0 aliphatic rings. The summed E-state index contributed by atoms with van der Waals surface area (Å²) in [6.45, 7) is 1.37. The number of fused-ring (bicyclic) bond motifs is 1. The summed E-state index contributed by atoms with van der Waals surface area (Å²) in [4.78, 5) is 17.0. The highest BCUT2D eigenvalue weighted by atomic mass is 16.5. The van der Waals surface area contributed by atoms with Crippen LogP contribution in [0, 0.1) is 0 Å². The Kier molecular flexibility index (Phi) is 3.99. The van der Waals surface area contributed by atoms with Crippen molar-refractivity contribution < 1.29 is 9.53 Å². The quantitative estimate of drug-likeness (QED) is 0.823. The Balaban J connectivity index is 2.08. The van der Waals surface area contributed by atoms with Gasteiger partial charge in [0.25, 0.3) is 5.91 Å². The molecule has 0 bridgehead atoms. The number of H-pyrrole nitrogens is 1. The summed E-state index contributed by atoms with van der Waals surface area (Å²) in [5.74, 6) is 0.0160. The fourth-order valence-corrected chi connectivity index (χ4v) is 1.94. The number of carbonyl (C=O) groups is 1. The predicted molar refractivity (Wildman–Crippen MR) is 71.8 cm³/mol. The number of nitrogens with zero attached hydrogens (tertiary/aromatic N) is 1. The van der Waals surface area contributed by atoms with Gasteiger partial charge in [-0.3, -0.25) is 4.79 Å². The second kappa shape index (κ2) is 5.69. The largest absolute Gasteiger partial charge is 0.385 e. The minimum absolute atomic E-state index is 0.0160. The van der Waals surface area contributed by atoms with Gasteiger partial charge >= 0.3 is 0 Å². The zero-order chi connectivity index (χ0) is 13.0. The number of aromatic nitrogens is 1. The summed E-state index contributed by atoms with van der Waals surface area (Å²) >= 11 is 0. The number of nitrogens with one attached hydrogen (secondary N) is 1. The Morgan fingerprint density at radius 3 is 2.89 bits per heavy atom. The number of carbonyl (C=O) groups excluding carboxylic acids is 1. The number of para-hydroxylation sites is 1. The van der Waals surface area contributed by atoms with Crippen LogP contribution in [0.1, 0.15) is 16.9 Å². The first-order chi connectivity index (χ1) is 8.72. The molecule has 0 saturated carbocycles. The lowest BCUT2D eigenvalue weighted by Crippen LogP contribution is -2.28. The van der Waals surface area contributed by atoms with Gasteiger partial charge < -0.3 is 14.6 Å². The predicted octanol–water partition coefficient (Wildman–Crippen LogP) is 2.28. The van der Waals surface area contributed by atoms with E-state index in [0.29, 0.717) is 18.8 Å². The molecule has 96 valence electrons. The molecule has 1 aromatic heterocycles. The van der Waals surface area contributed by atoms with Crippen molar-refractivity contribution in [2.45, 2.75) is 6.42 Å². The van der Waals surface area contributed by atoms with Crippen molar-refractivity contribution in [3.05, 3.63) is 36.0 Å². The molecule has 4 nitrogen and oxygen atoms in total. The number of hydrogen-bond acceptors (Lipinski definition) is 2. The minimum Gasteiger partial charge on any atom is -0.385 e. The first-order valence-electron chi connectivity index (χ1n) is 6.04. The van der Waals surface area contributed by atoms with Crippen LogP contribution in [-0.4, -0.2) is 43.1 Å². The molecule has 18 heavy (non-hydrogen) atoms. The molecule has 0 saturated heterocycles. The molecule has 0 atom stereocenters. The van der Waals surface area contributed by atoms with Crippen LogP contribution in [0.5, 0.6) is 0 Å². The van der Waals surface area contributed by atoms with Gasteiger partial charge in [-0.25, -0.2) is 0 Å². The fourth-order valence-electron chi connectivity index (χ4n) is 1.94. The van der Waals surface area contributed by atoms with Crippen molar-refractivity contribution in [3.8, 4) is 0 Å². The van der Waals surface area contributed by atoms with E-state index in [1.54, 1.807) is 12.0 Å². The minimum atomic E-state index is 0.0160. The maximum absolute atomic E-state index is 12.2. The monoisotopic (exact) mass is 246 g/mol. The normalized spacial score (nSPS) is 10.8. The lowest BCUT2D eigenvalue weighted by molar-refractivity contribution is 0.0774. The summed E-state index contributed by atoms with van der Waals surface area (Å²) in [6.07, 6.45) is 0.846. The SMILES string of the molecule is COCCCN(C)C(=O)c1cc2ccccc2[nH]1. The molecule has 0 radical (unpaired) electrons. The van der Waals surface area contributed by atoms with Crippen LogP contribution in [0.25, 0.3) is 10.9 Å². The van der Waals surface area contributed by atoms with E-state index >= 15 is 0 Å². The van der Waals surface area contributed by atoms with Gasteiger partial charge in [-0.2, -0.15) is 0 Å².